The van der Waals surface area contributed by atoms with Gasteiger partial charge in [0.05, 0.1) is 0 Å². The van der Waals surface area contributed by atoms with E-state index in [9.17, 15) is 0 Å². The molecule has 19 heavy (non-hydrogen) atoms. The molecule has 0 amide bonds. The van der Waals surface area contributed by atoms with Crippen molar-refractivity contribution < 1.29 is 4.74 Å². The Hall–Kier alpha value is -0.870. The van der Waals surface area contributed by atoms with E-state index in [4.69, 9.17) is 16.3 Å². The van der Waals surface area contributed by atoms with Crippen LogP contribution in [0, 0.1) is 11.8 Å². The number of hydrogen-bond donors (Lipinski definition) is 0. The lowest BCUT2D eigenvalue weighted by atomic mass is 9.92. The summed E-state index contributed by atoms with van der Waals surface area (Å²) in [5.74, 6) is 2.96. The van der Waals surface area contributed by atoms with Gasteiger partial charge in [-0.3, -0.25) is 0 Å². The molecule has 1 fully saturated rings. The zero-order chi connectivity index (χ0) is 13.8. The van der Waals surface area contributed by atoms with Crippen molar-refractivity contribution in [2.45, 2.75) is 33.8 Å². The summed E-state index contributed by atoms with van der Waals surface area (Å²) in [6.45, 7) is 9.67. The predicted molar refractivity (Wildman–Crippen MR) is 77.5 cm³/mol. The van der Waals surface area contributed by atoms with Crippen molar-refractivity contribution >= 4 is 17.4 Å². The van der Waals surface area contributed by atoms with Gasteiger partial charge in [-0.1, -0.05) is 25.4 Å². The normalized spacial score (nSPS) is 23.7. The topological polar surface area (TPSA) is 38.2 Å². The molecule has 0 radical (unpaired) electrons. The van der Waals surface area contributed by atoms with E-state index in [-0.39, 0.29) is 0 Å². The van der Waals surface area contributed by atoms with Gasteiger partial charge < -0.3 is 9.64 Å². The molecular formula is C14H22ClN3O. The molecule has 0 spiro atoms. The van der Waals surface area contributed by atoms with Crippen LogP contribution in [0.1, 0.15) is 33.0 Å². The number of piperidine rings is 1. The van der Waals surface area contributed by atoms with E-state index < -0.39 is 0 Å². The summed E-state index contributed by atoms with van der Waals surface area (Å²) in [6.07, 6.45) is 1.28. The van der Waals surface area contributed by atoms with Crippen LogP contribution in [-0.4, -0.2) is 29.7 Å². The van der Waals surface area contributed by atoms with Crippen LogP contribution in [0.25, 0.3) is 0 Å². The predicted octanol–water partition coefficient (Wildman–Crippen LogP) is 3.15. The molecule has 2 unspecified atom stereocenters. The van der Waals surface area contributed by atoms with Gasteiger partial charge in [-0.05, 0) is 25.2 Å². The van der Waals surface area contributed by atoms with E-state index in [1.807, 2.05) is 13.0 Å². The molecule has 4 nitrogen and oxygen atoms in total. The third kappa shape index (κ3) is 4.05. The molecule has 0 aliphatic carbocycles. The fraction of sp³-hybridized carbons (Fsp3) is 0.714. The molecule has 0 saturated carbocycles. The van der Waals surface area contributed by atoms with Gasteiger partial charge in [0, 0.05) is 25.8 Å². The maximum atomic E-state index is 6.09. The zero-order valence-corrected chi connectivity index (χ0v) is 12.7. The molecule has 106 valence electrons. The van der Waals surface area contributed by atoms with E-state index in [1.165, 1.54) is 6.42 Å². The Labute approximate surface area is 120 Å². The maximum absolute atomic E-state index is 6.09. The average molecular weight is 284 g/mol. The highest BCUT2D eigenvalue weighted by Gasteiger charge is 2.23. The van der Waals surface area contributed by atoms with Crippen molar-refractivity contribution in [3.8, 4) is 0 Å². The molecule has 1 aromatic rings. The highest BCUT2D eigenvalue weighted by Crippen LogP contribution is 2.26. The molecule has 1 aliphatic heterocycles. The Morgan fingerprint density at radius 3 is 2.63 bits per heavy atom. The summed E-state index contributed by atoms with van der Waals surface area (Å²) in [4.78, 5) is 11.1. The molecule has 2 heterocycles. The Morgan fingerprint density at radius 1 is 1.32 bits per heavy atom. The molecular weight excluding hydrogens is 262 g/mol. The van der Waals surface area contributed by atoms with Crippen LogP contribution in [-0.2, 0) is 11.3 Å². The van der Waals surface area contributed by atoms with Crippen LogP contribution < -0.4 is 4.90 Å². The molecule has 0 aromatic carbocycles. The van der Waals surface area contributed by atoms with Crippen molar-refractivity contribution in [3.05, 3.63) is 17.0 Å². The Balaban J connectivity index is 2.16. The fourth-order valence-electron chi connectivity index (χ4n) is 2.72. The number of ether oxygens (including phenoxy) is 1. The zero-order valence-electron chi connectivity index (χ0n) is 11.9. The monoisotopic (exact) mass is 283 g/mol. The molecule has 1 saturated heterocycles. The lowest BCUT2D eigenvalue weighted by Crippen LogP contribution is -2.39. The van der Waals surface area contributed by atoms with Crippen LogP contribution >= 0.6 is 11.6 Å². The SMILES string of the molecule is CCOCc1nc(Cl)cc(N2CC(C)CC(C)C2)n1. The number of hydrogen-bond acceptors (Lipinski definition) is 4. The minimum atomic E-state index is 0.420. The first kappa shape index (κ1) is 14.5. The second-order valence-electron chi connectivity index (χ2n) is 5.45. The summed E-state index contributed by atoms with van der Waals surface area (Å²) in [7, 11) is 0. The second-order valence-corrected chi connectivity index (χ2v) is 5.84. The quantitative estimate of drug-likeness (QED) is 0.796. The van der Waals surface area contributed by atoms with Crippen LogP contribution in [0.2, 0.25) is 5.15 Å². The van der Waals surface area contributed by atoms with Crippen molar-refractivity contribution in [3.63, 3.8) is 0 Å². The fourth-order valence-corrected chi connectivity index (χ4v) is 2.92. The van der Waals surface area contributed by atoms with Crippen LogP contribution in [0.3, 0.4) is 0 Å². The molecule has 1 aliphatic rings. The summed E-state index contributed by atoms with van der Waals surface area (Å²) < 4.78 is 5.36. The Kier molecular flexibility index (Phi) is 4.99. The van der Waals surface area contributed by atoms with E-state index in [0.29, 0.717) is 36.0 Å². The van der Waals surface area contributed by atoms with Gasteiger partial charge in [0.15, 0.2) is 5.82 Å². The van der Waals surface area contributed by atoms with Gasteiger partial charge in [-0.25, -0.2) is 9.97 Å². The Morgan fingerprint density at radius 2 is 2.00 bits per heavy atom. The summed E-state index contributed by atoms with van der Waals surface area (Å²) in [5, 5.41) is 0.491. The third-order valence-corrected chi connectivity index (χ3v) is 3.55. The second kappa shape index (κ2) is 6.53. The first-order chi connectivity index (χ1) is 9.08. The number of aromatic nitrogens is 2. The minimum absolute atomic E-state index is 0.420. The van der Waals surface area contributed by atoms with Crippen molar-refractivity contribution in [1.82, 2.24) is 9.97 Å². The van der Waals surface area contributed by atoms with Crippen molar-refractivity contribution in [1.29, 1.82) is 0 Å². The van der Waals surface area contributed by atoms with E-state index >= 15 is 0 Å². The number of halogens is 1. The van der Waals surface area contributed by atoms with Gasteiger partial charge in [0.1, 0.15) is 17.6 Å². The molecule has 2 atom stereocenters. The summed E-state index contributed by atoms with van der Waals surface area (Å²) in [6, 6.07) is 1.85. The summed E-state index contributed by atoms with van der Waals surface area (Å²) >= 11 is 6.09. The van der Waals surface area contributed by atoms with Crippen molar-refractivity contribution in [2.75, 3.05) is 24.6 Å². The highest BCUT2D eigenvalue weighted by molar-refractivity contribution is 6.29. The molecule has 2 rings (SSSR count). The smallest absolute Gasteiger partial charge is 0.158 e. The van der Waals surface area contributed by atoms with Gasteiger partial charge in [-0.2, -0.15) is 0 Å². The summed E-state index contributed by atoms with van der Waals surface area (Å²) in [5.41, 5.74) is 0. The molecule has 1 aromatic heterocycles. The molecule has 0 N–H and O–H groups in total. The van der Waals surface area contributed by atoms with Gasteiger partial charge >= 0.3 is 0 Å². The Bertz CT molecular complexity index is 417. The molecule has 5 heteroatoms. The largest absolute Gasteiger partial charge is 0.374 e. The number of nitrogens with zero attached hydrogens (tertiary/aromatic N) is 3. The van der Waals surface area contributed by atoms with E-state index in [2.05, 4.69) is 28.7 Å². The first-order valence-corrected chi connectivity index (χ1v) is 7.32. The van der Waals surface area contributed by atoms with Gasteiger partial charge in [0.2, 0.25) is 0 Å². The van der Waals surface area contributed by atoms with Crippen LogP contribution in [0.5, 0.6) is 0 Å². The lowest BCUT2D eigenvalue weighted by molar-refractivity contribution is 0.128. The van der Waals surface area contributed by atoms with E-state index in [0.717, 1.165) is 18.9 Å². The standard InChI is InChI=1S/C14H22ClN3O/c1-4-19-9-13-16-12(15)6-14(17-13)18-7-10(2)5-11(3)8-18/h6,10-11H,4-5,7-9H2,1-3H3. The average Bonchev–Trinajstić information content (AvgIpc) is 2.34. The number of rotatable bonds is 4. The highest BCUT2D eigenvalue weighted by atomic mass is 35.5. The minimum Gasteiger partial charge on any atom is -0.374 e. The van der Waals surface area contributed by atoms with Crippen LogP contribution in [0.15, 0.2) is 6.07 Å². The maximum Gasteiger partial charge on any atom is 0.158 e. The van der Waals surface area contributed by atoms with Gasteiger partial charge in [-0.15, -0.1) is 0 Å². The van der Waals surface area contributed by atoms with Gasteiger partial charge in [0.25, 0.3) is 0 Å². The molecule has 0 bridgehead atoms. The van der Waals surface area contributed by atoms with Crippen molar-refractivity contribution in [2.24, 2.45) is 11.8 Å². The lowest BCUT2D eigenvalue weighted by Gasteiger charge is -2.35. The van der Waals surface area contributed by atoms with Crippen LogP contribution in [0.4, 0.5) is 5.82 Å². The number of anilines is 1. The van der Waals surface area contributed by atoms with E-state index in [1.54, 1.807) is 0 Å². The first-order valence-electron chi connectivity index (χ1n) is 6.94. The third-order valence-electron chi connectivity index (χ3n) is 3.36.